The van der Waals surface area contributed by atoms with E-state index in [4.69, 9.17) is 0 Å². The van der Waals surface area contributed by atoms with Crippen LogP contribution in [0, 0.1) is 6.92 Å². The predicted octanol–water partition coefficient (Wildman–Crippen LogP) is 3.39. The first kappa shape index (κ1) is 10.1. The molecule has 3 aromatic rings. The van der Waals surface area contributed by atoms with Gasteiger partial charge in [-0.05, 0) is 36.1 Å². The van der Waals surface area contributed by atoms with E-state index in [-0.39, 0.29) is 0 Å². The third-order valence-electron chi connectivity index (χ3n) is 3.05. The third kappa shape index (κ3) is 1.82. The van der Waals surface area contributed by atoms with Crippen molar-refractivity contribution in [3.8, 4) is 0 Å². The first-order chi connectivity index (χ1) is 8.34. The van der Waals surface area contributed by atoms with Gasteiger partial charge in [0, 0.05) is 12.4 Å². The molecule has 0 aliphatic heterocycles. The summed E-state index contributed by atoms with van der Waals surface area (Å²) in [5, 5.41) is 1.29. The minimum absolute atomic E-state index is 0.829. The van der Waals surface area contributed by atoms with E-state index < -0.39 is 0 Å². The summed E-state index contributed by atoms with van der Waals surface area (Å²) in [6.45, 7) is 2.98. The van der Waals surface area contributed by atoms with Gasteiger partial charge in [-0.25, -0.2) is 0 Å². The normalized spacial score (nSPS) is 10.9. The molecule has 0 unspecified atom stereocenters. The number of aromatic nitrogens is 2. The van der Waals surface area contributed by atoms with E-state index in [1.807, 2.05) is 18.3 Å². The fourth-order valence-electron chi connectivity index (χ4n) is 2.25. The van der Waals surface area contributed by atoms with Crippen molar-refractivity contribution in [2.24, 2.45) is 0 Å². The zero-order chi connectivity index (χ0) is 11.7. The van der Waals surface area contributed by atoms with Crippen molar-refractivity contribution >= 4 is 10.9 Å². The van der Waals surface area contributed by atoms with E-state index in [1.165, 1.54) is 16.5 Å². The van der Waals surface area contributed by atoms with Gasteiger partial charge in [-0.2, -0.15) is 0 Å². The SMILES string of the molecule is Cc1cccc2ccn(Cc3ccccn3)c12. The standard InChI is InChI=1S/C15H14N2/c1-12-5-4-6-13-8-10-17(15(12)13)11-14-7-2-3-9-16-14/h2-10H,11H2,1H3. The van der Waals surface area contributed by atoms with Gasteiger partial charge in [0.15, 0.2) is 0 Å². The molecule has 1 aromatic carbocycles. The Hall–Kier alpha value is -2.09. The van der Waals surface area contributed by atoms with Crippen LogP contribution in [0.2, 0.25) is 0 Å². The Labute approximate surface area is 101 Å². The zero-order valence-electron chi connectivity index (χ0n) is 9.80. The maximum absolute atomic E-state index is 4.37. The summed E-state index contributed by atoms with van der Waals surface area (Å²) in [6.07, 6.45) is 3.97. The smallest absolute Gasteiger partial charge is 0.0648 e. The molecule has 0 spiro atoms. The van der Waals surface area contributed by atoms with Crippen LogP contribution >= 0.6 is 0 Å². The van der Waals surface area contributed by atoms with Gasteiger partial charge in [-0.15, -0.1) is 0 Å². The molecule has 3 rings (SSSR count). The van der Waals surface area contributed by atoms with Crippen LogP contribution in [0.1, 0.15) is 11.3 Å². The summed E-state index contributed by atoms with van der Waals surface area (Å²) in [4.78, 5) is 4.37. The Balaban J connectivity index is 2.07. The number of hydrogen-bond donors (Lipinski definition) is 0. The quantitative estimate of drug-likeness (QED) is 0.650. The van der Waals surface area contributed by atoms with Gasteiger partial charge in [0.25, 0.3) is 0 Å². The maximum Gasteiger partial charge on any atom is 0.0648 e. The molecular formula is C15H14N2. The van der Waals surface area contributed by atoms with E-state index in [0.717, 1.165) is 12.2 Å². The molecule has 0 saturated carbocycles. The summed E-state index contributed by atoms with van der Waals surface area (Å²) in [6, 6.07) is 14.6. The van der Waals surface area contributed by atoms with Crippen LogP contribution in [0.15, 0.2) is 54.9 Å². The first-order valence-corrected chi connectivity index (χ1v) is 5.79. The number of fused-ring (bicyclic) bond motifs is 1. The lowest BCUT2D eigenvalue weighted by molar-refractivity contribution is 0.805. The summed E-state index contributed by atoms with van der Waals surface area (Å²) >= 11 is 0. The molecule has 84 valence electrons. The monoisotopic (exact) mass is 222 g/mol. The van der Waals surface area contributed by atoms with E-state index >= 15 is 0 Å². The fraction of sp³-hybridized carbons (Fsp3) is 0.133. The van der Waals surface area contributed by atoms with Gasteiger partial charge in [-0.1, -0.05) is 24.3 Å². The summed E-state index contributed by atoms with van der Waals surface area (Å²) in [5.74, 6) is 0. The van der Waals surface area contributed by atoms with Gasteiger partial charge in [0.1, 0.15) is 0 Å². The molecule has 0 atom stereocenters. The van der Waals surface area contributed by atoms with Crippen LogP contribution in [-0.2, 0) is 6.54 Å². The highest BCUT2D eigenvalue weighted by molar-refractivity contribution is 5.83. The zero-order valence-corrected chi connectivity index (χ0v) is 9.80. The lowest BCUT2D eigenvalue weighted by Crippen LogP contribution is -2.00. The van der Waals surface area contributed by atoms with E-state index in [9.17, 15) is 0 Å². The van der Waals surface area contributed by atoms with E-state index in [2.05, 4.69) is 53.0 Å². The lowest BCUT2D eigenvalue weighted by Gasteiger charge is -2.06. The van der Waals surface area contributed by atoms with Crippen LogP contribution in [0.4, 0.5) is 0 Å². The van der Waals surface area contributed by atoms with Gasteiger partial charge >= 0.3 is 0 Å². The molecule has 0 amide bonds. The predicted molar refractivity (Wildman–Crippen MR) is 70.0 cm³/mol. The second-order valence-corrected chi connectivity index (χ2v) is 4.28. The second-order valence-electron chi connectivity index (χ2n) is 4.28. The summed E-state index contributed by atoms with van der Waals surface area (Å²) < 4.78 is 2.26. The molecule has 0 saturated heterocycles. The number of hydrogen-bond acceptors (Lipinski definition) is 1. The van der Waals surface area contributed by atoms with Gasteiger partial charge in [-0.3, -0.25) is 4.98 Å². The fourth-order valence-corrected chi connectivity index (χ4v) is 2.25. The number of rotatable bonds is 2. The lowest BCUT2D eigenvalue weighted by atomic mass is 10.2. The molecule has 2 aromatic heterocycles. The van der Waals surface area contributed by atoms with Gasteiger partial charge in [0.05, 0.1) is 17.8 Å². The molecule has 2 nitrogen and oxygen atoms in total. The highest BCUT2D eigenvalue weighted by Crippen LogP contribution is 2.20. The van der Waals surface area contributed by atoms with Gasteiger partial charge in [0.2, 0.25) is 0 Å². The Bertz CT molecular complexity index is 638. The molecular weight excluding hydrogens is 208 g/mol. The minimum Gasteiger partial charge on any atom is -0.341 e. The average molecular weight is 222 g/mol. The number of aryl methyl sites for hydroxylation is 1. The first-order valence-electron chi connectivity index (χ1n) is 5.79. The molecule has 0 fully saturated rings. The van der Waals surface area contributed by atoms with Crippen LogP contribution in [0.25, 0.3) is 10.9 Å². The Morgan fingerprint density at radius 1 is 1.06 bits per heavy atom. The number of para-hydroxylation sites is 1. The number of pyridine rings is 1. The van der Waals surface area contributed by atoms with E-state index in [0.29, 0.717) is 0 Å². The average Bonchev–Trinajstić information content (AvgIpc) is 2.75. The van der Waals surface area contributed by atoms with Crippen molar-refractivity contribution < 1.29 is 0 Å². The Kier molecular flexibility index (Phi) is 2.41. The Morgan fingerprint density at radius 2 is 2.00 bits per heavy atom. The van der Waals surface area contributed by atoms with Crippen LogP contribution in [0.5, 0.6) is 0 Å². The molecule has 2 heterocycles. The minimum atomic E-state index is 0.829. The van der Waals surface area contributed by atoms with Crippen molar-refractivity contribution in [1.82, 2.24) is 9.55 Å². The van der Waals surface area contributed by atoms with Crippen molar-refractivity contribution in [2.75, 3.05) is 0 Å². The van der Waals surface area contributed by atoms with Crippen LogP contribution in [-0.4, -0.2) is 9.55 Å². The topological polar surface area (TPSA) is 17.8 Å². The third-order valence-corrected chi connectivity index (χ3v) is 3.05. The molecule has 0 N–H and O–H groups in total. The van der Waals surface area contributed by atoms with Crippen molar-refractivity contribution in [1.29, 1.82) is 0 Å². The molecule has 17 heavy (non-hydrogen) atoms. The Morgan fingerprint density at radius 3 is 2.82 bits per heavy atom. The maximum atomic E-state index is 4.37. The molecule has 0 aliphatic rings. The molecule has 0 bridgehead atoms. The van der Waals surface area contributed by atoms with Gasteiger partial charge < -0.3 is 4.57 Å². The van der Waals surface area contributed by atoms with Crippen LogP contribution < -0.4 is 0 Å². The second kappa shape index (κ2) is 4.06. The largest absolute Gasteiger partial charge is 0.341 e. The summed E-state index contributed by atoms with van der Waals surface area (Å²) in [5.41, 5.74) is 3.70. The van der Waals surface area contributed by atoms with E-state index in [1.54, 1.807) is 0 Å². The van der Waals surface area contributed by atoms with Crippen molar-refractivity contribution in [3.05, 3.63) is 66.1 Å². The number of benzene rings is 1. The highest BCUT2D eigenvalue weighted by atomic mass is 15.0. The number of nitrogens with zero attached hydrogens (tertiary/aromatic N) is 2. The summed E-state index contributed by atoms with van der Waals surface area (Å²) in [7, 11) is 0. The molecule has 0 aliphatic carbocycles. The molecule has 2 heteroatoms. The molecule has 0 radical (unpaired) electrons. The van der Waals surface area contributed by atoms with Crippen LogP contribution in [0.3, 0.4) is 0 Å². The van der Waals surface area contributed by atoms with Crippen molar-refractivity contribution in [2.45, 2.75) is 13.5 Å². The highest BCUT2D eigenvalue weighted by Gasteiger charge is 2.04. The van der Waals surface area contributed by atoms with Crippen molar-refractivity contribution in [3.63, 3.8) is 0 Å².